The van der Waals surface area contributed by atoms with Crippen LogP contribution in [0.15, 0.2) is 18.2 Å². The lowest BCUT2D eigenvalue weighted by atomic mass is 9.76. The fourth-order valence-corrected chi connectivity index (χ4v) is 5.04. The highest BCUT2D eigenvalue weighted by molar-refractivity contribution is 5.44. The first-order valence-electron chi connectivity index (χ1n) is 9.23. The number of benzene rings is 1. The van der Waals surface area contributed by atoms with Crippen LogP contribution in [0.25, 0.3) is 0 Å². The molecule has 4 atom stereocenters. The molecule has 0 bridgehead atoms. The Morgan fingerprint density at radius 2 is 2.04 bits per heavy atom. The average molecular weight is 348 g/mol. The number of hydrogen-bond acceptors (Lipinski definition) is 5. The van der Waals surface area contributed by atoms with Crippen molar-refractivity contribution in [1.29, 1.82) is 0 Å². The summed E-state index contributed by atoms with van der Waals surface area (Å²) in [5.74, 6) is 3.13. The fourth-order valence-electron chi connectivity index (χ4n) is 5.04. The maximum atomic E-state index is 10.4. The number of nitrogens with zero attached hydrogens (tertiary/aromatic N) is 1. The molecule has 25 heavy (non-hydrogen) atoms. The SMILES string of the molecule is COc1ccc(OC)c([C@H]2N[C@](CO)(CC(C)C)[C@H]3CN(C)C[C@@H]23)c1. The number of rotatable bonds is 6. The number of hydrogen-bond donors (Lipinski definition) is 2. The van der Waals surface area contributed by atoms with Crippen molar-refractivity contribution in [3.63, 3.8) is 0 Å². The van der Waals surface area contributed by atoms with Crippen LogP contribution in [0.5, 0.6) is 11.5 Å². The molecule has 3 rings (SSSR count). The van der Waals surface area contributed by atoms with E-state index in [1.807, 2.05) is 12.1 Å². The summed E-state index contributed by atoms with van der Waals surface area (Å²) in [7, 11) is 5.58. The van der Waals surface area contributed by atoms with Gasteiger partial charge in [0, 0.05) is 30.2 Å². The third-order valence-corrected chi connectivity index (χ3v) is 5.96. The van der Waals surface area contributed by atoms with Crippen molar-refractivity contribution in [3.8, 4) is 11.5 Å². The van der Waals surface area contributed by atoms with Gasteiger partial charge >= 0.3 is 0 Å². The van der Waals surface area contributed by atoms with Gasteiger partial charge in [-0.1, -0.05) is 13.8 Å². The Bertz CT molecular complexity index is 607. The predicted molar refractivity (Wildman–Crippen MR) is 99.2 cm³/mol. The van der Waals surface area contributed by atoms with Crippen molar-refractivity contribution >= 4 is 0 Å². The molecule has 5 nitrogen and oxygen atoms in total. The molecule has 2 heterocycles. The third-order valence-electron chi connectivity index (χ3n) is 5.96. The Kier molecular flexibility index (Phi) is 5.28. The standard InChI is InChI=1S/C20H32N2O3/c1-13(2)9-20(12-23)17-11-22(3)10-16(17)19(21-20)15-8-14(24-4)6-7-18(15)25-5/h6-8,13,16-17,19,21,23H,9-12H2,1-5H3/t16-,17+,19-,20+/m1/s1. The second-order valence-electron chi connectivity index (χ2n) is 8.13. The molecular formula is C20H32N2O3. The van der Waals surface area contributed by atoms with Crippen LogP contribution in [-0.2, 0) is 0 Å². The van der Waals surface area contributed by atoms with Crippen LogP contribution in [0, 0.1) is 17.8 Å². The number of likely N-dealkylation sites (tertiary alicyclic amines) is 1. The summed E-state index contributed by atoms with van der Waals surface area (Å²) in [5, 5.41) is 14.2. The van der Waals surface area contributed by atoms with Crippen LogP contribution in [0.3, 0.4) is 0 Å². The van der Waals surface area contributed by atoms with Crippen LogP contribution < -0.4 is 14.8 Å². The second-order valence-corrected chi connectivity index (χ2v) is 8.13. The van der Waals surface area contributed by atoms with Gasteiger partial charge in [-0.3, -0.25) is 0 Å². The normalized spacial score (nSPS) is 32.2. The minimum absolute atomic E-state index is 0.158. The number of ether oxygens (including phenoxy) is 2. The van der Waals surface area contributed by atoms with Gasteiger partial charge in [0.25, 0.3) is 0 Å². The van der Waals surface area contributed by atoms with Gasteiger partial charge in [-0.25, -0.2) is 0 Å². The molecule has 1 aromatic rings. The largest absolute Gasteiger partial charge is 0.497 e. The Labute approximate surface area is 151 Å². The first-order valence-corrected chi connectivity index (χ1v) is 9.23. The van der Waals surface area contributed by atoms with Gasteiger partial charge < -0.3 is 24.8 Å². The van der Waals surface area contributed by atoms with Crippen LogP contribution in [0.4, 0.5) is 0 Å². The first-order chi connectivity index (χ1) is 11.9. The highest BCUT2D eigenvalue weighted by Crippen LogP contribution is 2.50. The topological polar surface area (TPSA) is 54.0 Å². The van der Waals surface area contributed by atoms with Crippen molar-refractivity contribution in [2.45, 2.75) is 31.8 Å². The quantitative estimate of drug-likeness (QED) is 0.826. The Morgan fingerprint density at radius 1 is 1.28 bits per heavy atom. The molecule has 0 aromatic heterocycles. The lowest BCUT2D eigenvalue weighted by molar-refractivity contribution is 0.109. The molecule has 2 aliphatic rings. The van der Waals surface area contributed by atoms with E-state index in [-0.39, 0.29) is 18.2 Å². The number of aliphatic hydroxyl groups is 1. The van der Waals surface area contributed by atoms with Gasteiger partial charge in [0.2, 0.25) is 0 Å². The molecule has 1 aromatic carbocycles. The summed E-state index contributed by atoms with van der Waals surface area (Å²) in [6, 6.07) is 6.15. The number of nitrogens with one attached hydrogen (secondary N) is 1. The minimum atomic E-state index is -0.234. The van der Waals surface area contributed by atoms with E-state index in [0.29, 0.717) is 17.8 Å². The molecule has 2 saturated heterocycles. The smallest absolute Gasteiger partial charge is 0.123 e. The molecular weight excluding hydrogens is 316 g/mol. The minimum Gasteiger partial charge on any atom is -0.497 e. The Balaban J connectivity index is 2.02. The van der Waals surface area contributed by atoms with E-state index in [4.69, 9.17) is 9.47 Å². The highest BCUT2D eigenvalue weighted by atomic mass is 16.5. The maximum absolute atomic E-state index is 10.4. The van der Waals surface area contributed by atoms with Gasteiger partial charge in [0.1, 0.15) is 11.5 Å². The van der Waals surface area contributed by atoms with Gasteiger partial charge in [-0.2, -0.15) is 0 Å². The van der Waals surface area contributed by atoms with Crippen LogP contribution in [0.2, 0.25) is 0 Å². The summed E-state index contributed by atoms with van der Waals surface area (Å²) in [4.78, 5) is 2.39. The molecule has 0 spiro atoms. The summed E-state index contributed by atoms with van der Waals surface area (Å²) in [6.07, 6.45) is 0.974. The van der Waals surface area contributed by atoms with E-state index in [1.54, 1.807) is 14.2 Å². The zero-order valence-electron chi connectivity index (χ0n) is 16.1. The molecule has 2 fully saturated rings. The Morgan fingerprint density at radius 3 is 2.64 bits per heavy atom. The van der Waals surface area contributed by atoms with Gasteiger partial charge in [-0.05, 0) is 49.4 Å². The molecule has 0 radical (unpaired) electrons. The van der Waals surface area contributed by atoms with E-state index in [1.165, 1.54) is 0 Å². The summed E-state index contributed by atoms with van der Waals surface area (Å²) in [6.45, 7) is 6.68. The highest BCUT2D eigenvalue weighted by Gasteiger charge is 2.56. The summed E-state index contributed by atoms with van der Waals surface area (Å²) >= 11 is 0. The third kappa shape index (κ3) is 3.25. The van der Waals surface area contributed by atoms with Crippen molar-refractivity contribution in [2.75, 3.05) is 41.0 Å². The lowest BCUT2D eigenvalue weighted by Crippen LogP contribution is -2.51. The molecule has 2 aliphatic heterocycles. The molecule has 140 valence electrons. The van der Waals surface area contributed by atoms with Crippen LogP contribution >= 0.6 is 0 Å². The average Bonchev–Trinajstić information content (AvgIpc) is 3.11. The summed E-state index contributed by atoms with van der Waals surface area (Å²) in [5.41, 5.74) is 0.897. The Hall–Kier alpha value is -1.30. The molecule has 0 unspecified atom stereocenters. The van der Waals surface area contributed by atoms with Crippen molar-refractivity contribution < 1.29 is 14.6 Å². The molecule has 0 amide bonds. The zero-order valence-corrected chi connectivity index (χ0v) is 16.1. The van der Waals surface area contributed by atoms with Gasteiger partial charge in [-0.15, -0.1) is 0 Å². The monoisotopic (exact) mass is 348 g/mol. The van der Waals surface area contributed by atoms with E-state index in [9.17, 15) is 5.11 Å². The van der Waals surface area contributed by atoms with E-state index in [0.717, 1.165) is 36.6 Å². The van der Waals surface area contributed by atoms with Gasteiger partial charge in [0.15, 0.2) is 0 Å². The van der Waals surface area contributed by atoms with Crippen molar-refractivity contribution in [3.05, 3.63) is 23.8 Å². The summed E-state index contributed by atoms with van der Waals surface area (Å²) < 4.78 is 11.1. The van der Waals surface area contributed by atoms with Crippen molar-refractivity contribution in [1.82, 2.24) is 10.2 Å². The van der Waals surface area contributed by atoms with Gasteiger partial charge in [0.05, 0.1) is 20.8 Å². The molecule has 0 aliphatic carbocycles. The van der Waals surface area contributed by atoms with E-state index >= 15 is 0 Å². The first kappa shape index (κ1) is 18.5. The van der Waals surface area contributed by atoms with Crippen LogP contribution in [-0.4, -0.2) is 56.5 Å². The lowest BCUT2D eigenvalue weighted by Gasteiger charge is -2.36. The van der Waals surface area contributed by atoms with E-state index < -0.39 is 0 Å². The molecule has 2 N–H and O–H groups in total. The zero-order chi connectivity index (χ0) is 18.2. The maximum Gasteiger partial charge on any atom is 0.123 e. The van der Waals surface area contributed by atoms with Crippen molar-refractivity contribution in [2.24, 2.45) is 17.8 Å². The number of fused-ring (bicyclic) bond motifs is 1. The second kappa shape index (κ2) is 7.14. The molecule has 0 saturated carbocycles. The molecule has 5 heteroatoms. The number of methoxy groups -OCH3 is 2. The van der Waals surface area contributed by atoms with E-state index in [2.05, 4.69) is 37.2 Å². The number of aliphatic hydroxyl groups excluding tert-OH is 1. The predicted octanol–water partition coefficient (Wildman–Crippen LogP) is 2.30. The van der Waals surface area contributed by atoms with Crippen LogP contribution in [0.1, 0.15) is 31.9 Å². The fraction of sp³-hybridized carbons (Fsp3) is 0.700.